The Labute approximate surface area is 82.9 Å². The Hall–Kier alpha value is -0.950. The number of aryl methyl sites for hydroxylation is 2. The first kappa shape index (κ1) is 8.64. The van der Waals surface area contributed by atoms with Gasteiger partial charge < -0.3 is 4.57 Å². The molecule has 2 heteroatoms. The first-order valence-corrected chi connectivity index (χ1v) is 4.84. The van der Waals surface area contributed by atoms with Gasteiger partial charge in [0.25, 0.3) is 0 Å². The van der Waals surface area contributed by atoms with Crippen molar-refractivity contribution in [1.29, 1.82) is 0 Å². The fraction of sp³-hybridized carbons (Fsp3) is 0.273. The molecular weight excluding hydrogens is 182 g/mol. The molecule has 0 bridgehead atoms. The summed E-state index contributed by atoms with van der Waals surface area (Å²) in [6.45, 7) is 2.15. The Morgan fingerprint density at radius 2 is 2.15 bits per heavy atom. The highest BCUT2D eigenvalue weighted by atomic mass is 35.5. The Morgan fingerprint density at radius 1 is 1.38 bits per heavy atom. The van der Waals surface area contributed by atoms with Gasteiger partial charge >= 0.3 is 0 Å². The zero-order valence-electron chi connectivity index (χ0n) is 7.84. The van der Waals surface area contributed by atoms with Gasteiger partial charge in [-0.1, -0.05) is 24.6 Å². The van der Waals surface area contributed by atoms with Crippen molar-refractivity contribution in [3.8, 4) is 0 Å². The van der Waals surface area contributed by atoms with Crippen LogP contribution in [0.3, 0.4) is 0 Å². The van der Waals surface area contributed by atoms with Crippen molar-refractivity contribution < 1.29 is 0 Å². The predicted octanol–water partition coefficient (Wildman–Crippen LogP) is 3.39. The number of hydrogen-bond acceptors (Lipinski definition) is 0. The standard InChI is InChI=1S/C11H12ClN/c1-3-8-7-9-10(12)5-4-6-11(9)13(8)2/h4-7H,3H2,1-2H3. The SMILES string of the molecule is CCc1cc2c(Cl)cccc2n1C. The number of rotatable bonds is 1. The summed E-state index contributed by atoms with van der Waals surface area (Å²) < 4.78 is 2.20. The Balaban J connectivity index is 2.83. The molecule has 0 atom stereocenters. The van der Waals surface area contributed by atoms with Crippen LogP contribution in [0.2, 0.25) is 5.02 Å². The van der Waals surface area contributed by atoms with Gasteiger partial charge in [-0.3, -0.25) is 0 Å². The van der Waals surface area contributed by atoms with Gasteiger partial charge in [-0.05, 0) is 24.6 Å². The lowest BCUT2D eigenvalue weighted by molar-refractivity contribution is 0.866. The minimum Gasteiger partial charge on any atom is -0.348 e. The molecule has 0 unspecified atom stereocenters. The first-order chi connectivity index (χ1) is 6.24. The van der Waals surface area contributed by atoms with Crippen molar-refractivity contribution in [2.24, 2.45) is 7.05 Å². The predicted molar refractivity (Wildman–Crippen MR) is 57.3 cm³/mol. The van der Waals surface area contributed by atoms with E-state index in [0.29, 0.717) is 0 Å². The third-order valence-electron chi connectivity index (χ3n) is 2.50. The van der Waals surface area contributed by atoms with Crippen molar-refractivity contribution in [3.63, 3.8) is 0 Å². The lowest BCUT2D eigenvalue weighted by Gasteiger charge is -2.00. The van der Waals surface area contributed by atoms with Crippen LogP contribution in [0.1, 0.15) is 12.6 Å². The Bertz CT molecular complexity index is 443. The second-order valence-corrected chi connectivity index (χ2v) is 3.63. The molecule has 1 aromatic carbocycles. The summed E-state index contributed by atoms with van der Waals surface area (Å²) in [5.74, 6) is 0. The molecule has 1 aromatic heterocycles. The minimum absolute atomic E-state index is 0.841. The van der Waals surface area contributed by atoms with E-state index in [0.717, 1.165) is 16.8 Å². The molecule has 0 amide bonds. The molecule has 2 aromatic rings. The Kier molecular flexibility index (Phi) is 2.04. The molecule has 13 heavy (non-hydrogen) atoms. The highest BCUT2D eigenvalue weighted by molar-refractivity contribution is 6.35. The molecule has 0 N–H and O–H groups in total. The molecule has 0 spiro atoms. The van der Waals surface area contributed by atoms with E-state index in [1.165, 1.54) is 11.2 Å². The molecule has 2 rings (SSSR count). The zero-order valence-corrected chi connectivity index (χ0v) is 8.60. The van der Waals surface area contributed by atoms with Crippen molar-refractivity contribution >= 4 is 22.5 Å². The molecule has 0 aliphatic carbocycles. The van der Waals surface area contributed by atoms with Crippen LogP contribution < -0.4 is 0 Å². The second kappa shape index (κ2) is 3.08. The molecule has 1 heterocycles. The van der Waals surface area contributed by atoms with Gasteiger partial charge in [0.05, 0.1) is 0 Å². The number of aromatic nitrogens is 1. The lowest BCUT2D eigenvalue weighted by Crippen LogP contribution is -1.92. The van der Waals surface area contributed by atoms with Gasteiger partial charge in [-0.2, -0.15) is 0 Å². The number of benzene rings is 1. The topological polar surface area (TPSA) is 4.93 Å². The molecule has 0 aliphatic heterocycles. The van der Waals surface area contributed by atoms with E-state index in [4.69, 9.17) is 11.6 Å². The van der Waals surface area contributed by atoms with E-state index in [9.17, 15) is 0 Å². The van der Waals surface area contributed by atoms with E-state index < -0.39 is 0 Å². The van der Waals surface area contributed by atoms with Crippen LogP contribution in [-0.2, 0) is 13.5 Å². The molecule has 1 nitrogen and oxygen atoms in total. The monoisotopic (exact) mass is 193 g/mol. The van der Waals surface area contributed by atoms with Crippen LogP contribution >= 0.6 is 11.6 Å². The molecule has 0 radical (unpaired) electrons. The normalized spacial score (nSPS) is 11.0. The quantitative estimate of drug-likeness (QED) is 0.654. The second-order valence-electron chi connectivity index (χ2n) is 3.22. The number of halogens is 1. The summed E-state index contributed by atoms with van der Waals surface area (Å²) in [5, 5.41) is 2.00. The van der Waals surface area contributed by atoms with Crippen molar-refractivity contribution in [1.82, 2.24) is 4.57 Å². The van der Waals surface area contributed by atoms with Gasteiger partial charge in [0.15, 0.2) is 0 Å². The van der Waals surface area contributed by atoms with E-state index in [1.807, 2.05) is 12.1 Å². The maximum atomic E-state index is 6.09. The van der Waals surface area contributed by atoms with E-state index in [-0.39, 0.29) is 0 Å². The molecule has 0 fully saturated rings. The van der Waals surface area contributed by atoms with Crippen molar-refractivity contribution in [3.05, 3.63) is 35.0 Å². The van der Waals surface area contributed by atoms with E-state index in [1.54, 1.807) is 0 Å². The third kappa shape index (κ3) is 1.24. The van der Waals surface area contributed by atoms with Crippen LogP contribution in [0.15, 0.2) is 24.3 Å². The maximum absolute atomic E-state index is 6.09. The highest BCUT2D eigenvalue weighted by Crippen LogP contribution is 2.26. The first-order valence-electron chi connectivity index (χ1n) is 4.47. The number of fused-ring (bicyclic) bond motifs is 1. The van der Waals surface area contributed by atoms with Gasteiger partial charge in [0.2, 0.25) is 0 Å². The molecule has 0 saturated carbocycles. The summed E-state index contributed by atoms with van der Waals surface area (Å²) in [6, 6.07) is 8.19. The number of hydrogen-bond donors (Lipinski definition) is 0. The summed E-state index contributed by atoms with van der Waals surface area (Å²) in [4.78, 5) is 0. The summed E-state index contributed by atoms with van der Waals surface area (Å²) in [5.41, 5.74) is 2.53. The summed E-state index contributed by atoms with van der Waals surface area (Å²) >= 11 is 6.09. The molecule has 0 saturated heterocycles. The van der Waals surface area contributed by atoms with Crippen LogP contribution in [-0.4, -0.2) is 4.57 Å². The fourth-order valence-electron chi connectivity index (χ4n) is 1.72. The average molecular weight is 194 g/mol. The van der Waals surface area contributed by atoms with Crippen LogP contribution in [0.25, 0.3) is 10.9 Å². The smallest absolute Gasteiger partial charge is 0.0499 e. The lowest BCUT2D eigenvalue weighted by atomic mass is 10.2. The van der Waals surface area contributed by atoms with Gasteiger partial charge in [0.1, 0.15) is 0 Å². The van der Waals surface area contributed by atoms with Crippen molar-refractivity contribution in [2.45, 2.75) is 13.3 Å². The van der Waals surface area contributed by atoms with Crippen LogP contribution in [0.5, 0.6) is 0 Å². The van der Waals surface area contributed by atoms with Gasteiger partial charge in [-0.25, -0.2) is 0 Å². The zero-order chi connectivity index (χ0) is 9.42. The highest BCUT2D eigenvalue weighted by Gasteiger charge is 2.05. The summed E-state index contributed by atoms with van der Waals surface area (Å²) in [6.07, 6.45) is 1.04. The van der Waals surface area contributed by atoms with Gasteiger partial charge in [0, 0.05) is 28.7 Å². The van der Waals surface area contributed by atoms with Crippen LogP contribution in [0, 0.1) is 0 Å². The van der Waals surface area contributed by atoms with E-state index >= 15 is 0 Å². The summed E-state index contributed by atoms with van der Waals surface area (Å²) in [7, 11) is 2.08. The minimum atomic E-state index is 0.841. The largest absolute Gasteiger partial charge is 0.348 e. The molecule has 68 valence electrons. The average Bonchev–Trinajstić information content (AvgIpc) is 2.45. The molecular formula is C11H12ClN. The maximum Gasteiger partial charge on any atom is 0.0499 e. The third-order valence-corrected chi connectivity index (χ3v) is 2.82. The Morgan fingerprint density at radius 3 is 2.77 bits per heavy atom. The molecule has 0 aliphatic rings. The number of nitrogens with zero attached hydrogens (tertiary/aromatic N) is 1. The van der Waals surface area contributed by atoms with E-state index in [2.05, 4.69) is 30.7 Å². The van der Waals surface area contributed by atoms with Gasteiger partial charge in [-0.15, -0.1) is 0 Å². The van der Waals surface area contributed by atoms with Crippen LogP contribution in [0.4, 0.5) is 0 Å². The van der Waals surface area contributed by atoms with Crippen molar-refractivity contribution in [2.75, 3.05) is 0 Å². The fourth-order valence-corrected chi connectivity index (χ4v) is 1.94.